The second kappa shape index (κ2) is 6.98. The molecule has 0 nitrogen and oxygen atoms in total. The van der Waals surface area contributed by atoms with Crippen LogP contribution < -0.4 is 18.9 Å². The van der Waals surface area contributed by atoms with Crippen molar-refractivity contribution in [3.05, 3.63) is 89.2 Å². The van der Waals surface area contributed by atoms with Crippen LogP contribution in [-0.2, 0) is 5.41 Å². The Hall–Kier alpha value is -1.44. The minimum atomic E-state index is -0.0131. The van der Waals surface area contributed by atoms with Crippen molar-refractivity contribution in [3.63, 3.8) is 0 Å². The normalized spacial score (nSPS) is 15.9. The van der Waals surface area contributed by atoms with Crippen LogP contribution in [0.2, 0.25) is 0 Å². The van der Waals surface area contributed by atoms with Crippen molar-refractivity contribution >= 4 is 0 Å². The van der Waals surface area contributed by atoms with Crippen LogP contribution >= 0.6 is 0 Å². The maximum atomic E-state index is 3.51. The maximum Gasteiger partial charge on any atom is 1.00 e. The van der Waals surface area contributed by atoms with E-state index in [4.69, 9.17) is 0 Å². The van der Waals surface area contributed by atoms with Crippen LogP contribution in [0.25, 0.3) is 0 Å². The van der Waals surface area contributed by atoms with Crippen molar-refractivity contribution in [2.75, 3.05) is 0 Å². The van der Waals surface area contributed by atoms with Crippen molar-refractivity contribution in [1.82, 2.24) is 0 Å². The SMILES string of the molecule is CC(C)(C)[C-]=C=C1CCC1(c1ccccc1)c1ccccc1.[Li+]. The number of rotatable bonds is 2. The Kier molecular flexibility index (Phi) is 5.44. The molecule has 23 heavy (non-hydrogen) atoms. The van der Waals surface area contributed by atoms with Gasteiger partial charge in [0.1, 0.15) is 0 Å². The van der Waals surface area contributed by atoms with E-state index < -0.39 is 0 Å². The smallest absolute Gasteiger partial charge is 0.330 e. The molecule has 2 aromatic rings. The zero-order chi connectivity index (χ0) is 15.6. The van der Waals surface area contributed by atoms with Crippen LogP contribution in [0.15, 0.2) is 72.0 Å². The van der Waals surface area contributed by atoms with Gasteiger partial charge in [-0.15, -0.1) is 0 Å². The fourth-order valence-corrected chi connectivity index (χ4v) is 3.18. The predicted molar refractivity (Wildman–Crippen MR) is 92.6 cm³/mol. The van der Waals surface area contributed by atoms with Gasteiger partial charge in [0, 0.05) is 0 Å². The molecule has 3 rings (SSSR count). The Morgan fingerprint density at radius 2 is 1.35 bits per heavy atom. The molecule has 1 fully saturated rings. The van der Waals surface area contributed by atoms with E-state index in [0.29, 0.717) is 0 Å². The quantitative estimate of drug-likeness (QED) is 0.454. The first-order valence-corrected chi connectivity index (χ1v) is 8.03. The summed E-state index contributed by atoms with van der Waals surface area (Å²) in [6.07, 6.45) is 5.68. The molecule has 0 heterocycles. The van der Waals surface area contributed by atoms with Crippen LogP contribution in [0.5, 0.6) is 0 Å². The van der Waals surface area contributed by atoms with Gasteiger partial charge in [-0.05, 0) is 16.5 Å². The fraction of sp³-hybridized carbons (Fsp3) is 0.318. The average molecular weight is 294 g/mol. The Bertz CT molecular complexity index is 659. The molecule has 112 valence electrons. The second-order valence-corrected chi connectivity index (χ2v) is 7.12. The summed E-state index contributed by atoms with van der Waals surface area (Å²) >= 11 is 0. The molecule has 0 atom stereocenters. The zero-order valence-corrected chi connectivity index (χ0v) is 14.7. The summed E-state index contributed by atoms with van der Waals surface area (Å²) in [4.78, 5) is 0. The largest absolute Gasteiger partial charge is 1.00 e. The predicted octanol–water partition coefficient (Wildman–Crippen LogP) is 2.70. The summed E-state index contributed by atoms with van der Waals surface area (Å²) in [5, 5.41) is 0. The summed E-state index contributed by atoms with van der Waals surface area (Å²) in [6, 6.07) is 21.7. The Morgan fingerprint density at radius 3 is 1.70 bits per heavy atom. The Morgan fingerprint density at radius 1 is 0.870 bits per heavy atom. The molecule has 0 bridgehead atoms. The van der Waals surface area contributed by atoms with Crippen LogP contribution in [0.1, 0.15) is 44.7 Å². The number of allylic oxidation sites excluding steroid dienone is 1. The van der Waals surface area contributed by atoms with E-state index in [2.05, 4.69) is 93.2 Å². The molecule has 1 aliphatic carbocycles. The molecule has 0 radical (unpaired) electrons. The van der Waals surface area contributed by atoms with Gasteiger partial charge in [0.15, 0.2) is 0 Å². The first-order valence-electron chi connectivity index (χ1n) is 8.03. The van der Waals surface area contributed by atoms with Crippen LogP contribution in [0.4, 0.5) is 0 Å². The molecule has 0 N–H and O–H groups in total. The molecular formula is C22H23Li. The first kappa shape index (κ1) is 17.9. The van der Waals surface area contributed by atoms with Crippen molar-refractivity contribution in [2.45, 2.75) is 39.0 Å². The minimum absolute atomic E-state index is 0. The molecule has 0 aliphatic heterocycles. The molecule has 1 saturated carbocycles. The molecule has 1 aliphatic rings. The van der Waals surface area contributed by atoms with E-state index in [1.165, 1.54) is 16.7 Å². The van der Waals surface area contributed by atoms with Crippen LogP contribution in [0, 0.1) is 11.5 Å². The third kappa shape index (κ3) is 3.57. The van der Waals surface area contributed by atoms with Gasteiger partial charge in [0.25, 0.3) is 0 Å². The summed E-state index contributed by atoms with van der Waals surface area (Å²) in [6.45, 7) is 6.52. The third-order valence-corrected chi connectivity index (χ3v) is 4.39. The summed E-state index contributed by atoms with van der Waals surface area (Å²) in [7, 11) is 0. The minimum Gasteiger partial charge on any atom is -0.330 e. The van der Waals surface area contributed by atoms with E-state index in [9.17, 15) is 0 Å². The van der Waals surface area contributed by atoms with E-state index in [0.717, 1.165) is 12.8 Å². The summed E-state index contributed by atoms with van der Waals surface area (Å²) in [5.41, 5.74) is 7.64. The Balaban J connectivity index is 0.00000192. The molecule has 2 aromatic carbocycles. The molecule has 0 saturated heterocycles. The van der Waals surface area contributed by atoms with Crippen LogP contribution in [-0.4, -0.2) is 0 Å². The van der Waals surface area contributed by atoms with Gasteiger partial charge in [-0.3, -0.25) is 0 Å². The monoisotopic (exact) mass is 294 g/mol. The van der Waals surface area contributed by atoms with Crippen molar-refractivity contribution in [2.24, 2.45) is 5.41 Å². The standard InChI is InChI=1S/C22H23.Li/c1-21(2,3)16-14-20-15-17-22(20,18-10-6-4-7-11-18)19-12-8-5-9-13-19;/h4-13H,15,17H2,1-3H3;/q-1;+1. The third-order valence-electron chi connectivity index (χ3n) is 4.39. The molecular weight excluding hydrogens is 271 g/mol. The van der Waals surface area contributed by atoms with Gasteiger partial charge >= 0.3 is 18.9 Å². The number of hydrogen-bond acceptors (Lipinski definition) is 0. The Labute approximate surface area is 152 Å². The summed E-state index contributed by atoms with van der Waals surface area (Å²) < 4.78 is 0. The number of benzene rings is 2. The topological polar surface area (TPSA) is 0 Å². The first-order chi connectivity index (χ1) is 10.5. The van der Waals surface area contributed by atoms with Crippen molar-refractivity contribution in [3.8, 4) is 0 Å². The van der Waals surface area contributed by atoms with Gasteiger partial charge in [0.05, 0.1) is 0 Å². The maximum absolute atomic E-state index is 3.51. The molecule has 0 unspecified atom stereocenters. The zero-order valence-electron chi connectivity index (χ0n) is 14.7. The fourth-order valence-electron chi connectivity index (χ4n) is 3.18. The van der Waals surface area contributed by atoms with Crippen molar-refractivity contribution < 1.29 is 18.9 Å². The van der Waals surface area contributed by atoms with Crippen molar-refractivity contribution in [1.29, 1.82) is 0 Å². The van der Waals surface area contributed by atoms with E-state index >= 15 is 0 Å². The molecule has 0 aromatic heterocycles. The van der Waals surface area contributed by atoms with E-state index in [1.54, 1.807) is 0 Å². The molecule has 0 amide bonds. The van der Waals surface area contributed by atoms with Gasteiger partial charge in [0.2, 0.25) is 0 Å². The van der Waals surface area contributed by atoms with Gasteiger partial charge in [-0.1, -0.05) is 99.7 Å². The molecule has 0 spiro atoms. The van der Waals surface area contributed by atoms with Crippen LogP contribution in [0.3, 0.4) is 0 Å². The van der Waals surface area contributed by atoms with Gasteiger partial charge < -0.3 is 5.73 Å². The summed E-state index contributed by atoms with van der Waals surface area (Å²) in [5.74, 6) is 0. The van der Waals surface area contributed by atoms with E-state index in [1.807, 2.05) is 0 Å². The van der Waals surface area contributed by atoms with E-state index in [-0.39, 0.29) is 29.7 Å². The van der Waals surface area contributed by atoms with Gasteiger partial charge in [-0.2, -0.15) is 5.57 Å². The average Bonchev–Trinajstić information content (AvgIpc) is 2.48. The second-order valence-electron chi connectivity index (χ2n) is 7.12. The van der Waals surface area contributed by atoms with Gasteiger partial charge in [-0.25, -0.2) is 6.08 Å². The molecule has 1 heteroatoms. The number of hydrogen-bond donors (Lipinski definition) is 0.